The number of hydrogen-bond acceptors (Lipinski definition) is 9. The molecular weight excluding hydrogens is 598 g/mol. The van der Waals surface area contributed by atoms with Crippen LogP contribution in [0.5, 0.6) is 5.75 Å². The number of rotatable bonds is 18. The third-order valence-electron chi connectivity index (χ3n) is 9.63. The number of unbranched alkanes of at least 4 members (excludes halogenated alkanes) is 1. The summed E-state index contributed by atoms with van der Waals surface area (Å²) in [7, 11) is 1.52. The summed E-state index contributed by atoms with van der Waals surface area (Å²) in [4.78, 5) is 23.5. The minimum Gasteiger partial charge on any atom is -0.490 e. The van der Waals surface area contributed by atoms with Crippen LogP contribution >= 0.6 is 0 Å². The van der Waals surface area contributed by atoms with Crippen molar-refractivity contribution in [1.82, 2.24) is 14.9 Å². The largest absolute Gasteiger partial charge is 0.490 e. The van der Waals surface area contributed by atoms with E-state index in [2.05, 4.69) is 48.3 Å². The monoisotopic (exact) mass is 647 g/mol. The van der Waals surface area contributed by atoms with Crippen LogP contribution in [0.3, 0.4) is 0 Å². The molecule has 10 heteroatoms. The Morgan fingerprint density at radius 3 is 2.45 bits per heavy atom. The molecule has 2 heterocycles. The van der Waals surface area contributed by atoms with Crippen molar-refractivity contribution in [3.63, 3.8) is 0 Å². The zero-order valence-corrected chi connectivity index (χ0v) is 27.5. The van der Waals surface area contributed by atoms with Crippen molar-refractivity contribution in [2.45, 2.75) is 107 Å². The zero-order valence-electron chi connectivity index (χ0n) is 27.5. The Morgan fingerprint density at radius 1 is 0.979 bits per heavy atom. The zero-order chi connectivity index (χ0) is 33.6. The van der Waals surface area contributed by atoms with Gasteiger partial charge in [0.1, 0.15) is 30.2 Å². The van der Waals surface area contributed by atoms with Crippen molar-refractivity contribution in [3.8, 4) is 16.9 Å². The number of aryl methyl sites for hydroxylation is 3. The summed E-state index contributed by atoms with van der Waals surface area (Å²) in [6.07, 6.45) is 6.54. The van der Waals surface area contributed by atoms with Crippen LogP contribution in [0.15, 0.2) is 54.9 Å². The van der Waals surface area contributed by atoms with Gasteiger partial charge in [0.15, 0.2) is 0 Å². The molecule has 0 unspecified atom stereocenters. The summed E-state index contributed by atoms with van der Waals surface area (Å²) in [6, 6.07) is 14.6. The van der Waals surface area contributed by atoms with Gasteiger partial charge in [-0.3, -0.25) is 14.8 Å². The molecule has 2 saturated carbocycles. The molecule has 1 aromatic carbocycles. The van der Waals surface area contributed by atoms with Gasteiger partial charge in [0.2, 0.25) is 5.91 Å². The van der Waals surface area contributed by atoms with E-state index in [1.807, 2.05) is 18.5 Å². The second kappa shape index (κ2) is 15.7. The molecule has 2 aliphatic rings. The fraction of sp³-hybridized carbons (Fsp3) is 0.541. The first-order chi connectivity index (χ1) is 22.6. The van der Waals surface area contributed by atoms with Gasteiger partial charge in [-0.05, 0) is 105 Å². The first kappa shape index (κ1) is 34.9. The maximum atomic E-state index is 12.6. The molecule has 0 saturated heterocycles. The van der Waals surface area contributed by atoms with E-state index in [0.717, 1.165) is 74.1 Å². The van der Waals surface area contributed by atoms with Gasteiger partial charge in [0.05, 0.1) is 12.7 Å². The molecule has 10 nitrogen and oxygen atoms in total. The van der Waals surface area contributed by atoms with Gasteiger partial charge in [0, 0.05) is 49.4 Å². The highest BCUT2D eigenvalue weighted by Gasteiger charge is 2.45. The lowest BCUT2D eigenvalue weighted by molar-refractivity contribution is -0.138. The summed E-state index contributed by atoms with van der Waals surface area (Å²) in [5.74, 6) is 0.750. The van der Waals surface area contributed by atoms with E-state index in [-0.39, 0.29) is 24.3 Å². The van der Waals surface area contributed by atoms with E-state index in [4.69, 9.17) is 14.8 Å². The van der Waals surface area contributed by atoms with Gasteiger partial charge in [-0.25, -0.2) is 0 Å². The number of hydrogen-bond donors (Lipinski definition) is 5. The number of carbonyl (C=O) groups excluding carboxylic acids is 1. The van der Waals surface area contributed by atoms with Gasteiger partial charge in [-0.1, -0.05) is 24.3 Å². The van der Waals surface area contributed by atoms with Crippen molar-refractivity contribution in [2.75, 3.05) is 20.2 Å². The molecule has 2 aliphatic carbocycles. The average molecular weight is 648 g/mol. The summed E-state index contributed by atoms with van der Waals surface area (Å²) in [5.41, 5.74) is 6.98. The Hall–Kier alpha value is -3.41. The van der Waals surface area contributed by atoms with E-state index in [1.54, 1.807) is 0 Å². The predicted molar refractivity (Wildman–Crippen MR) is 178 cm³/mol. The number of aliphatic hydroxyl groups is 5. The van der Waals surface area contributed by atoms with Crippen LogP contribution in [0.25, 0.3) is 11.1 Å². The van der Waals surface area contributed by atoms with E-state index >= 15 is 0 Å². The number of pyridine rings is 2. The molecule has 0 spiro atoms. The van der Waals surface area contributed by atoms with Gasteiger partial charge in [-0.2, -0.15) is 0 Å². The minimum atomic E-state index is -1.72. The van der Waals surface area contributed by atoms with Gasteiger partial charge in [-0.15, -0.1) is 0 Å². The molecule has 254 valence electrons. The highest BCUT2D eigenvalue weighted by molar-refractivity contribution is 5.76. The second-order valence-corrected chi connectivity index (χ2v) is 13.4. The third kappa shape index (κ3) is 8.94. The smallest absolute Gasteiger partial charge is 0.222 e. The van der Waals surface area contributed by atoms with Crippen LogP contribution in [0, 0.1) is 6.92 Å². The van der Waals surface area contributed by atoms with Crippen molar-refractivity contribution in [2.24, 2.45) is 0 Å². The van der Waals surface area contributed by atoms with Gasteiger partial charge >= 0.3 is 0 Å². The van der Waals surface area contributed by atoms with E-state index in [0.29, 0.717) is 12.5 Å². The van der Waals surface area contributed by atoms with Crippen molar-refractivity contribution < 1.29 is 35.1 Å². The first-order valence-electron chi connectivity index (χ1n) is 16.8. The standard InChI is InChI=1S/C37H49N3O7/c1-24-11-12-25(7-3-6-10-34(44)40(2)22-31(42)35(45)36(46)32(43)23-41)39-30(24)15-17-37(18-19-37)29-21-38-20-16-27(29)28-8-4-5-9-33(28)47-26-13-14-26/h4-5,8-9,11-12,16,20-21,26,31-32,35-36,41-43,45-46H,3,6-7,10,13-15,17-19,22-23H2,1-2H3/t31-,32+,35+,36+/m0/s1. The fourth-order valence-corrected chi connectivity index (χ4v) is 6.21. The molecule has 5 N–H and O–H groups in total. The lowest BCUT2D eigenvalue weighted by Crippen LogP contribution is -2.49. The van der Waals surface area contributed by atoms with Gasteiger partial charge < -0.3 is 35.2 Å². The Bertz CT molecular complexity index is 1490. The molecule has 5 rings (SSSR count). The van der Waals surface area contributed by atoms with Crippen LogP contribution in [-0.4, -0.2) is 97.0 Å². The van der Waals surface area contributed by atoms with Crippen molar-refractivity contribution in [3.05, 3.63) is 77.4 Å². The quantitative estimate of drug-likeness (QED) is 0.131. The predicted octanol–water partition coefficient (Wildman–Crippen LogP) is 3.26. The van der Waals surface area contributed by atoms with Crippen molar-refractivity contribution >= 4 is 5.91 Å². The first-order valence-corrected chi connectivity index (χ1v) is 16.8. The topological polar surface area (TPSA) is 156 Å². The summed E-state index contributed by atoms with van der Waals surface area (Å²) >= 11 is 0. The van der Waals surface area contributed by atoms with Crippen LogP contribution in [0.1, 0.15) is 73.9 Å². The molecule has 47 heavy (non-hydrogen) atoms. The molecule has 3 aromatic rings. The normalized spacial score (nSPS) is 17.9. The fourth-order valence-electron chi connectivity index (χ4n) is 6.21. The summed E-state index contributed by atoms with van der Waals surface area (Å²) < 4.78 is 6.27. The highest BCUT2D eigenvalue weighted by Crippen LogP contribution is 2.54. The molecule has 1 amide bonds. The number of nitrogens with zero attached hydrogens (tertiary/aromatic N) is 3. The van der Waals surface area contributed by atoms with E-state index in [9.17, 15) is 25.2 Å². The third-order valence-corrected chi connectivity index (χ3v) is 9.63. The van der Waals surface area contributed by atoms with E-state index in [1.165, 1.54) is 28.6 Å². The highest BCUT2D eigenvalue weighted by atomic mass is 16.5. The molecular formula is C37H49N3O7. The number of aromatic nitrogens is 2. The lowest BCUT2D eigenvalue weighted by Gasteiger charge is -2.28. The average Bonchev–Trinajstić information content (AvgIpc) is 4.03. The van der Waals surface area contributed by atoms with Crippen LogP contribution in [-0.2, 0) is 23.1 Å². The SMILES string of the molecule is Cc1ccc(CCCCC(=O)N(C)C[C@H](O)[C@@H](O)[C@H](O)[C@H](O)CO)nc1CCC1(c2cnccc2-c2ccccc2OC2CC2)CC1. The summed E-state index contributed by atoms with van der Waals surface area (Å²) in [5, 5.41) is 48.4. The van der Waals surface area contributed by atoms with Crippen LogP contribution < -0.4 is 4.74 Å². The molecule has 0 aliphatic heterocycles. The molecule has 2 aromatic heterocycles. The Morgan fingerprint density at radius 2 is 1.72 bits per heavy atom. The van der Waals surface area contributed by atoms with Crippen LogP contribution in [0.4, 0.5) is 0 Å². The summed E-state index contributed by atoms with van der Waals surface area (Å²) in [6.45, 7) is 1.15. The Balaban J connectivity index is 1.13. The number of para-hydroxylation sites is 1. The molecule has 4 atom stereocenters. The molecule has 0 radical (unpaired) electrons. The number of amides is 1. The van der Waals surface area contributed by atoms with Crippen molar-refractivity contribution in [1.29, 1.82) is 0 Å². The number of aliphatic hydroxyl groups excluding tert-OH is 5. The molecule has 0 bridgehead atoms. The number of benzene rings is 1. The number of likely N-dealkylation sites (N-methyl/N-ethyl adjacent to an activating group) is 1. The van der Waals surface area contributed by atoms with E-state index < -0.39 is 31.0 Å². The Kier molecular flexibility index (Phi) is 11.6. The maximum Gasteiger partial charge on any atom is 0.222 e. The minimum absolute atomic E-state index is 0.0765. The Labute approximate surface area is 277 Å². The molecule has 2 fully saturated rings. The van der Waals surface area contributed by atoms with Gasteiger partial charge in [0.25, 0.3) is 0 Å². The maximum absolute atomic E-state index is 12.6. The van der Waals surface area contributed by atoms with Crippen LogP contribution in [0.2, 0.25) is 0 Å². The number of carbonyl (C=O) groups is 1. The lowest BCUT2D eigenvalue weighted by atomic mass is 9.85. The second-order valence-electron chi connectivity index (χ2n) is 13.4. The number of ether oxygens (including phenoxy) is 1.